The third-order valence-electron chi connectivity index (χ3n) is 2.51. The summed E-state index contributed by atoms with van der Waals surface area (Å²) in [5, 5.41) is 0. The number of nitrogens with two attached hydrogens (primary N) is 1. The Labute approximate surface area is 133 Å². The van der Waals surface area contributed by atoms with Crippen LogP contribution in [0, 0.1) is 11.8 Å². The average molecular weight is 319 g/mol. The summed E-state index contributed by atoms with van der Waals surface area (Å²) in [7, 11) is 0. The molecule has 0 amide bonds. The molecule has 110 valence electrons. The highest BCUT2D eigenvalue weighted by Gasteiger charge is 2.03. The van der Waals surface area contributed by atoms with E-state index in [1.165, 1.54) is 11.5 Å². The first-order chi connectivity index (χ1) is 10.3. The number of aromatic nitrogens is 2. The molecule has 1 aromatic heterocycles. The van der Waals surface area contributed by atoms with Crippen molar-refractivity contribution < 1.29 is 4.74 Å². The van der Waals surface area contributed by atoms with Crippen molar-refractivity contribution in [1.82, 2.24) is 9.36 Å². The van der Waals surface area contributed by atoms with Gasteiger partial charge in [0, 0.05) is 17.7 Å². The molecule has 21 heavy (non-hydrogen) atoms. The van der Waals surface area contributed by atoms with Crippen LogP contribution >= 0.6 is 23.3 Å². The van der Waals surface area contributed by atoms with Gasteiger partial charge in [-0.2, -0.15) is 4.37 Å². The van der Waals surface area contributed by atoms with Gasteiger partial charge in [0.2, 0.25) is 0 Å². The molecule has 0 aliphatic rings. The lowest BCUT2D eigenvalue weighted by atomic mass is 10.2. The molecule has 0 unspecified atom stereocenters. The van der Waals surface area contributed by atoms with Crippen molar-refractivity contribution >= 4 is 23.3 Å². The average Bonchev–Trinajstić information content (AvgIpc) is 2.98. The summed E-state index contributed by atoms with van der Waals surface area (Å²) in [6.07, 6.45) is 0.879. The molecule has 0 bridgehead atoms. The quantitative estimate of drug-likeness (QED) is 0.504. The molecule has 1 heterocycles. The lowest BCUT2D eigenvalue weighted by Gasteiger charge is -2.05. The second kappa shape index (κ2) is 8.67. The lowest BCUT2D eigenvalue weighted by Crippen LogP contribution is -2.00. The van der Waals surface area contributed by atoms with E-state index in [0.29, 0.717) is 13.2 Å². The predicted octanol–water partition coefficient (Wildman–Crippen LogP) is 2.58. The number of thioether (sulfide) groups is 1. The first-order valence-electron chi connectivity index (χ1n) is 6.69. The van der Waals surface area contributed by atoms with Crippen LogP contribution in [0.5, 0.6) is 5.75 Å². The number of rotatable bonds is 6. The van der Waals surface area contributed by atoms with Crippen molar-refractivity contribution in [1.29, 1.82) is 0 Å². The van der Waals surface area contributed by atoms with Crippen LogP contribution in [0.25, 0.3) is 0 Å². The van der Waals surface area contributed by atoms with Crippen molar-refractivity contribution in [2.24, 2.45) is 5.73 Å². The third-order valence-corrected chi connectivity index (χ3v) is 4.35. The van der Waals surface area contributed by atoms with Gasteiger partial charge in [-0.1, -0.05) is 36.6 Å². The molecule has 2 N–H and O–H groups in total. The zero-order valence-corrected chi connectivity index (χ0v) is 13.5. The Bertz CT molecular complexity index is 631. The lowest BCUT2D eigenvalue weighted by molar-refractivity contribution is 0.344. The van der Waals surface area contributed by atoms with Gasteiger partial charge >= 0.3 is 0 Å². The predicted molar refractivity (Wildman–Crippen MR) is 87.9 cm³/mol. The molecular formula is C15H17N3OS2. The Balaban J connectivity index is 1.78. The zero-order chi connectivity index (χ0) is 14.9. The second-order valence-corrected chi connectivity index (χ2v) is 6.15. The highest BCUT2D eigenvalue weighted by atomic mass is 32.2. The van der Waals surface area contributed by atoms with E-state index >= 15 is 0 Å². The first-order valence-corrected chi connectivity index (χ1v) is 8.45. The van der Waals surface area contributed by atoms with Gasteiger partial charge in [0.25, 0.3) is 0 Å². The molecule has 2 rings (SSSR count). The Kier molecular flexibility index (Phi) is 6.54. The van der Waals surface area contributed by atoms with E-state index in [2.05, 4.69) is 28.1 Å². The topological polar surface area (TPSA) is 61.0 Å². The largest absolute Gasteiger partial charge is 0.493 e. The molecule has 0 spiro atoms. The smallest absolute Gasteiger partial charge is 0.170 e. The Morgan fingerprint density at radius 3 is 3.10 bits per heavy atom. The molecular weight excluding hydrogens is 302 g/mol. The molecule has 0 aliphatic heterocycles. The van der Waals surface area contributed by atoms with E-state index in [1.54, 1.807) is 11.8 Å². The van der Waals surface area contributed by atoms with E-state index in [-0.39, 0.29) is 0 Å². The Hall–Kier alpha value is -1.55. The van der Waals surface area contributed by atoms with Crippen LogP contribution in [-0.2, 0) is 6.42 Å². The summed E-state index contributed by atoms with van der Waals surface area (Å²) < 4.78 is 11.0. The number of hydrogen-bond donors (Lipinski definition) is 1. The summed E-state index contributed by atoms with van der Waals surface area (Å²) in [5.41, 5.74) is 6.28. The maximum absolute atomic E-state index is 5.72. The fourth-order valence-electron chi connectivity index (χ4n) is 1.55. The van der Waals surface area contributed by atoms with Gasteiger partial charge in [-0.15, -0.1) is 0 Å². The molecule has 0 atom stereocenters. The van der Waals surface area contributed by atoms with Gasteiger partial charge in [-0.3, -0.25) is 0 Å². The summed E-state index contributed by atoms with van der Waals surface area (Å²) in [4.78, 5) is 4.41. The number of aryl methyl sites for hydroxylation is 1. The highest BCUT2D eigenvalue weighted by Crippen LogP contribution is 2.20. The minimum absolute atomic E-state index is 0.364. The summed E-state index contributed by atoms with van der Waals surface area (Å²) >= 11 is 3.12. The van der Waals surface area contributed by atoms with Gasteiger partial charge in [0.1, 0.15) is 11.6 Å². The monoisotopic (exact) mass is 319 g/mol. The molecule has 6 heteroatoms. The summed E-state index contributed by atoms with van der Waals surface area (Å²) in [5.74, 6) is 8.41. The number of nitrogens with zero attached hydrogens (tertiary/aromatic N) is 2. The van der Waals surface area contributed by atoms with Gasteiger partial charge in [0.05, 0.1) is 13.2 Å². The van der Waals surface area contributed by atoms with Crippen LogP contribution in [0.15, 0.2) is 28.6 Å². The fourth-order valence-corrected chi connectivity index (χ4v) is 3.13. The van der Waals surface area contributed by atoms with E-state index < -0.39 is 0 Å². The summed E-state index contributed by atoms with van der Waals surface area (Å²) in [6, 6.07) is 7.73. The van der Waals surface area contributed by atoms with Crippen molar-refractivity contribution in [2.45, 2.75) is 17.7 Å². The number of benzene rings is 1. The van der Waals surface area contributed by atoms with E-state index in [4.69, 9.17) is 10.5 Å². The third kappa shape index (κ3) is 5.38. The van der Waals surface area contributed by atoms with Crippen LogP contribution in [0.3, 0.4) is 0 Å². The van der Waals surface area contributed by atoms with Gasteiger partial charge < -0.3 is 10.5 Å². The SMILES string of the molecule is CCc1nsc(SCCOc2cccc(C#CCN)c2)n1. The standard InChI is InChI=1S/C15H17N3OS2/c1-2-14-17-15(21-18-14)20-10-9-19-13-7-3-5-12(11-13)6-4-8-16/h3,5,7,11H,2,8-10,16H2,1H3. The van der Waals surface area contributed by atoms with Crippen molar-refractivity contribution in [3.8, 4) is 17.6 Å². The van der Waals surface area contributed by atoms with E-state index in [0.717, 1.165) is 33.7 Å². The fraction of sp³-hybridized carbons (Fsp3) is 0.333. The maximum Gasteiger partial charge on any atom is 0.170 e. The zero-order valence-electron chi connectivity index (χ0n) is 11.8. The van der Waals surface area contributed by atoms with Gasteiger partial charge in [-0.25, -0.2) is 4.98 Å². The normalized spacial score (nSPS) is 10.0. The first kappa shape index (κ1) is 15.8. The van der Waals surface area contributed by atoms with Crippen LogP contribution in [0.1, 0.15) is 18.3 Å². The number of hydrogen-bond acceptors (Lipinski definition) is 6. The van der Waals surface area contributed by atoms with Gasteiger partial charge in [-0.05, 0) is 29.7 Å². The molecule has 0 radical (unpaired) electrons. The highest BCUT2D eigenvalue weighted by molar-refractivity contribution is 8.00. The van der Waals surface area contributed by atoms with Gasteiger partial charge in [0.15, 0.2) is 4.34 Å². The molecule has 0 fully saturated rings. The Morgan fingerprint density at radius 1 is 1.43 bits per heavy atom. The van der Waals surface area contributed by atoms with E-state index in [1.807, 2.05) is 24.3 Å². The minimum atomic E-state index is 0.364. The van der Waals surface area contributed by atoms with E-state index in [9.17, 15) is 0 Å². The van der Waals surface area contributed by atoms with Crippen LogP contribution < -0.4 is 10.5 Å². The molecule has 0 saturated carbocycles. The molecule has 4 nitrogen and oxygen atoms in total. The number of ether oxygens (including phenoxy) is 1. The molecule has 0 saturated heterocycles. The van der Waals surface area contributed by atoms with Crippen molar-refractivity contribution in [3.63, 3.8) is 0 Å². The summed E-state index contributed by atoms with van der Waals surface area (Å²) in [6.45, 7) is 3.04. The van der Waals surface area contributed by atoms with Crippen LogP contribution in [0.4, 0.5) is 0 Å². The Morgan fingerprint density at radius 2 is 2.33 bits per heavy atom. The van der Waals surface area contributed by atoms with Crippen LogP contribution in [0.2, 0.25) is 0 Å². The van der Waals surface area contributed by atoms with Crippen molar-refractivity contribution in [3.05, 3.63) is 35.7 Å². The molecule has 0 aliphatic carbocycles. The second-order valence-electron chi connectivity index (χ2n) is 4.06. The molecule has 1 aromatic carbocycles. The van der Waals surface area contributed by atoms with Crippen LogP contribution in [-0.4, -0.2) is 28.3 Å². The molecule has 2 aromatic rings. The maximum atomic E-state index is 5.72. The minimum Gasteiger partial charge on any atom is -0.493 e. The van der Waals surface area contributed by atoms with Crippen molar-refractivity contribution in [2.75, 3.05) is 18.9 Å².